The van der Waals surface area contributed by atoms with Crippen LogP contribution in [0.2, 0.25) is 0 Å². The van der Waals surface area contributed by atoms with Crippen LogP contribution in [0.3, 0.4) is 0 Å². The Hall–Kier alpha value is -0.890. The summed E-state index contributed by atoms with van der Waals surface area (Å²) in [5, 5.41) is 0.736. The van der Waals surface area contributed by atoms with Gasteiger partial charge in [-0.25, -0.2) is 0 Å². The monoisotopic (exact) mass is 432 g/mol. The molecule has 0 aromatic heterocycles. The molecule has 0 aliphatic carbocycles. The molecule has 1 atom stereocenters. The average Bonchev–Trinajstić information content (AvgIpc) is 2.75. The Bertz CT molecular complexity index is 522. The first-order valence-corrected chi connectivity index (χ1v) is 13.3. The van der Waals surface area contributed by atoms with Gasteiger partial charge in [-0.1, -0.05) is 140 Å². The van der Waals surface area contributed by atoms with Crippen molar-refractivity contribution >= 4 is 17.3 Å². The molecule has 0 aliphatic rings. The van der Waals surface area contributed by atoms with Gasteiger partial charge in [0.25, 0.3) is 0 Å². The lowest BCUT2D eigenvalue weighted by atomic mass is 10.0. The summed E-state index contributed by atoms with van der Waals surface area (Å²) in [4.78, 5) is 0. The highest BCUT2D eigenvalue weighted by Crippen LogP contribution is 2.19. The Labute approximate surface area is 193 Å². The van der Waals surface area contributed by atoms with Gasteiger partial charge in [0, 0.05) is 5.92 Å². The van der Waals surface area contributed by atoms with Crippen molar-refractivity contribution in [3.63, 3.8) is 0 Å². The van der Waals surface area contributed by atoms with Crippen LogP contribution in [0.5, 0.6) is 0 Å². The Balaban J connectivity index is 1.84. The molecule has 1 unspecified atom stereocenters. The van der Waals surface area contributed by atoms with E-state index in [1.54, 1.807) is 0 Å². The quantitative estimate of drug-likeness (QED) is 0.159. The van der Waals surface area contributed by atoms with Crippen LogP contribution in [0, 0.1) is 6.92 Å². The molecule has 0 amide bonds. The van der Waals surface area contributed by atoms with Gasteiger partial charge in [-0.2, -0.15) is 0 Å². The van der Waals surface area contributed by atoms with Crippen LogP contribution in [0.4, 0.5) is 0 Å². The third kappa shape index (κ3) is 14.2. The molecule has 1 rings (SSSR count). The van der Waals surface area contributed by atoms with E-state index in [1.807, 2.05) is 0 Å². The van der Waals surface area contributed by atoms with Crippen molar-refractivity contribution in [1.29, 1.82) is 0 Å². The molecule has 0 saturated heterocycles. The van der Waals surface area contributed by atoms with Crippen molar-refractivity contribution in [1.82, 2.24) is 0 Å². The molecule has 1 nitrogen and oxygen atoms in total. The van der Waals surface area contributed by atoms with Gasteiger partial charge in [0.2, 0.25) is 0 Å². The molecule has 1 aromatic rings. The summed E-state index contributed by atoms with van der Waals surface area (Å²) in [7, 11) is 0. The normalized spacial score (nSPS) is 12.1. The van der Waals surface area contributed by atoms with Crippen LogP contribution < -0.4 is 0 Å². The predicted octanol–water partition coefficient (Wildman–Crippen LogP) is 9.70. The fraction of sp³-hybridized carbons (Fsp3) is 0.750. The summed E-state index contributed by atoms with van der Waals surface area (Å²) in [5.74, 6) is 0.196. The zero-order valence-corrected chi connectivity index (χ0v) is 21.0. The minimum Gasteiger partial charge on any atom is -0.486 e. The van der Waals surface area contributed by atoms with Gasteiger partial charge in [-0.05, 0) is 31.1 Å². The number of aryl methyl sites for hydroxylation is 1. The number of hydrogen-bond donors (Lipinski definition) is 0. The second-order valence-corrected chi connectivity index (χ2v) is 9.51. The number of ether oxygens (including phenoxy) is 1. The van der Waals surface area contributed by atoms with Crippen LogP contribution in [0.15, 0.2) is 24.3 Å². The van der Waals surface area contributed by atoms with E-state index in [9.17, 15) is 0 Å². The second-order valence-electron chi connectivity index (χ2n) is 9.10. The largest absolute Gasteiger partial charge is 0.486 e. The lowest BCUT2D eigenvalue weighted by Gasteiger charge is -2.15. The summed E-state index contributed by atoms with van der Waals surface area (Å²) in [6.45, 7) is 7.31. The lowest BCUT2D eigenvalue weighted by molar-refractivity contribution is 0.289. The molecule has 0 N–H and O–H groups in total. The van der Waals surface area contributed by atoms with Crippen molar-refractivity contribution in [2.75, 3.05) is 6.61 Å². The molecule has 0 heterocycles. The zero-order chi connectivity index (χ0) is 21.9. The third-order valence-corrected chi connectivity index (χ3v) is 6.64. The smallest absolute Gasteiger partial charge is 0.166 e. The molecular formula is C28H48OS. The first-order valence-electron chi connectivity index (χ1n) is 12.9. The van der Waals surface area contributed by atoms with Crippen molar-refractivity contribution in [3.8, 4) is 0 Å². The van der Waals surface area contributed by atoms with Gasteiger partial charge in [0.05, 0.1) is 6.61 Å². The molecule has 1 aromatic carbocycles. The van der Waals surface area contributed by atoms with Gasteiger partial charge in [-0.15, -0.1) is 0 Å². The van der Waals surface area contributed by atoms with E-state index in [-0.39, 0.29) is 5.92 Å². The molecule has 30 heavy (non-hydrogen) atoms. The highest BCUT2D eigenvalue weighted by Gasteiger charge is 2.12. The maximum Gasteiger partial charge on any atom is 0.166 e. The summed E-state index contributed by atoms with van der Waals surface area (Å²) in [6.07, 6.45) is 22.3. The average molecular weight is 433 g/mol. The van der Waals surface area contributed by atoms with Crippen LogP contribution in [0.1, 0.15) is 134 Å². The maximum atomic E-state index is 5.84. The Morgan fingerprint density at radius 2 is 1.10 bits per heavy atom. The number of rotatable bonds is 19. The van der Waals surface area contributed by atoms with E-state index in [0.29, 0.717) is 0 Å². The van der Waals surface area contributed by atoms with E-state index < -0.39 is 0 Å². The first-order chi connectivity index (χ1) is 14.6. The second kappa shape index (κ2) is 18.8. The van der Waals surface area contributed by atoms with Crippen LogP contribution in [-0.4, -0.2) is 11.7 Å². The standard InChI is InChI=1S/C28H48OS/c1-4-5-6-7-8-9-10-11-12-13-14-15-16-17-18-19-24-29-28(30)26(3)27-22-20-25(2)21-23-27/h20-23,26H,4-19,24H2,1-3H3. The van der Waals surface area contributed by atoms with Gasteiger partial charge >= 0.3 is 0 Å². The molecule has 0 radical (unpaired) electrons. The topological polar surface area (TPSA) is 9.23 Å². The van der Waals surface area contributed by atoms with Gasteiger partial charge in [-0.3, -0.25) is 0 Å². The first kappa shape index (κ1) is 27.1. The summed E-state index contributed by atoms with van der Waals surface area (Å²) in [6, 6.07) is 8.60. The van der Waals surface area contributed by atoms with Crippen molar-refractivity contribution in [2.24, 2.45) is 0 Å². The fourth-order valence-electron chi connectivity index (χ4n) is 3.94. The molecule has 0 aliphatic heterocycles. The van der Waals surface area contributed by atoms with Crippen LogP contribution in [0.25, 0.3) is 0 Å². The predicted molar refractivity (Wildman–Crippen MR) is 138 cm³/mol. The van der Waals surface area contributed by atoms with E-state index >= 15 is 0 Å². The van der Waals surface area contributed by atoms with Crippen LogP contribution in [-0.2, 0) is 4.74 Å². The zero-order valence-electron chi connectivity index (χ0n) is 20.2. The van der Waals surface area contributed by atoms with E-state index in [2.05, 4.69) is 45.0 Å². The van der Waals surface area contributed by atoms with E-state index in [1.165, 1.54) is 107 Å². The van der Waals surface area contributed by atoms with E-state index in [4.69, 9.17) is 17.0 Å². The van der Waals surface area contributed by atoms with E-state index in [0.717, 1.165) is 18.1 Å². The van der Waals surface area contributed by atoms with Crippen LogP contribution >= 0.6 is 12.2 Å². The summed E-state index contributed by atoms with van der Waals surface area (Å²) >= 11 is 5.48. The number of hydrogen-bond acceptors (Lipinski definition) is 2. The highest BCUT2D eigenvalue weighted by atomic mass is 32.1. The molecule has 0 fully saturated rings. The van der Waals surface area contributed by atoms with Gasteiger partial charge in [0.15, 0.2) is 5.05 Å². The number of thiocarbonyl (C=S) groups is 1. The lowest BCUT2D eigenvalue weighted by Crippen LogP contribution is -2.12. The summed E-state index contributed by atoms with van der Waals surface area (Å²) < 4.78 is 5.84. The summed E-state index contributed by atoms with van der Waals surface area (Å²) in [5.41, 5.74) is 2.53. The third-order valence-electron chi connectivity index (χ3n) is 6.17. The molecule has 0 bridgehead atoms. The number of unbranched alkanes of at least 4 members (excludes halogenated alkanes) is 15. The van der Waals surface area contributed by atoms with Crippen molar-refractivity contribution in [3.05, 3.63) is 35.4 Å². The molecule has 0 spiro atoms. The molecule has 172 valence electrons. The van der Waals surface area contributed by atoms with Gasteiger partial charge in [0.1, 0.15) is 0 Å². The fourth-order valence-corrected chi connectivity index (χ4v) is 4.16. The molecule has 0 saturated carbocycles. The van der Waals surface area contributed by atoms with Gasteiger partial charge < -0.3 is 4.74 Å². The minimum absolute atomic E-state index is 0.196. The Morgan fingerprint density at radius 3 is 1.53 bits per heavy atom. The van der Waals surface area contributed by atoms with Crippen molar-refractivity contribution in [2.45, 2.75) is 129 Å². The minimum atomic E-state index is 0.196. The molecular weight excluding hydrogens is 384 g/mol. The van der Waals surface area contributed by atoms with Crippen molar-refractivity contribution < 1.29 is 4.74 Å². The maximum absolute atomic E-state index is 5.84. The SMILES string of the molecule is CCCCCCCCCCCCCCCCCCOC(=S)C(C)c1ccc(C)cc1. The Morgan fingerprint density at radius 1 is 0.700 bits per heavy atom. The highest BCUT2D eigenvalue weighted by molar-refractivity contribution is 7.80. The Kier molecular flexibility index (Phi) is 17.1. The number of benzene rings is 1. The molecule has 2 heteroatoms.